The van der Waals surface area contributed by atoms with Gasteiger partial charge in [-0.25, -0.2) is 0 Å². The van der Waals surface area contributed by atoms with Gasteiger partial charge in [0.25, 0.3) is 0 Å². The molecule has 1 aliphatic rings. The third-order valence-corrected chi connectivity index (χ3v) is 4.61. The summed E-state index contributed by atoms with van der Waals surface area (Å²) in [7, 11) is 0. The van der Waals surface area contributed by atoms with Crippen molar-refractivity contribution in [2.45, 2.75) is 32.4 Å². The number of rotatable bonds is 1. The van der Waals surface area contributed by atoms with E-state index in [9.17, 15) is 0 Å². The van der Waals surface area contributed by atoms with Crippen molar-refractivity contribution in [3.05, 3.63) is 17.7 Å². The molecule has 1 heterocycles. The summed E-state index contributed by atoms with van der Waals surface area (Å²) in [6.07, 6.45) is 3.01. The molecule has 0 N–H and O–H groups in total. The second kappa shape index (κ2) is 4.84. The molecule has 0 aliphatic carbocycles. The number of ether oxygens (including phenoxy) is 1. The maximum absolute atomic E-state index is 5.54. The molecule has 0 atom stereocenters. The van der Waals surface area contributed by atoms with Gasteiger partial charge in [-0.2, -0.15) is 0 Å². The van der Waals surface area contributed by atoms with Crippen molar-refractivity contribution in [1.82, 2.24) is 0 Å². The summed E-state index contributed by atoms with van der Waals surface area (Å²) >= 11 is 17.5. The van der Waals surface area contributed by atoms with Crippen molar-refractivity contribution in [2.24, 2.45) is 0 Å². The molecule has 1 aromatic rings. The molecule has 0 spiro atoms. The second-order valence-electron chi connectivity index (χ2n) is 3.36. The van der Waals surface area contributed by atoms with Crippen LogP contribution in [0.2, 0.25) is 0 Å². The first-order valence-electron chi connectivity index (χ1n) is 4.57. The van der Waals surface area contributed by atoms with Crippen LogP contribution < -0.4 is 0 Å². The molecule has 1 aliphatic heterocycles. The van der Waals surface area contributed by atoms with Gasteiger partial charge in [-0.3, -0.25) is 0 Å². The number of hydrogen-bond acceptors (Lipinski definition) is 5. The van der Waals surface area contributed by atoms with Gasteiger partial charge in [0.05, 0.1) is 0 Å². The molecule has 5 heteroatoms. The van der Waals surface area contributed by atoms with E-state index in [1.807, 2.05) is 6.07 Å². The van der Waals surface area contributed by atoms with E-state index in [2.05, 4.69) is 50.5 Å². The van der Waals surface area contributed by atoms with Crippen LogP contribution in [0.3, 0.4) is 0 Å². The normalized spacial score (nSPS) is 17.3. The molecule has 1 saturated heterocycles. The predicted molar refractivity (Wildman–Crippen MR) is 73.0 cm³/mol. The van der Waals surface area contributed by atoms with Crippen molar-refractivity contribution in [1.29, 1.82) is 0 Å². The van der Waals surface area contributed by atoms with Crippen molar-refractivity contribution in [3.63, 3.8) is 0 Å². The lowest BCUT2D eigenvalue weighted by Gasteiger charge is -2.15. The van der Waals surface area contributed by atoms with E-state index in [4.69, 9.17) is 4.74 Å². The highest BCUT2D eigenvalue weighted by Gasteiger charge is 2.23. The van der Waals surface area contributed by atoms with Crippen LogP contribution in [0, 0.1) is 6.10 Å². The Morgan fingerprint density at radius 3 is 2.33 bits per heavy atom. The first kappa shape index (κ1) is 12.0. The molecule has 1 nitrogen and oxygen atoms in total. The molecule has 0 amide bonds. The highest BCUT2D eigenvalue weighted by molar-refractivity contribution is 7.86. The summed E-state index contributed by atoms with van der Waals surface area (Å²) in [4.78, 5) is 3.14. The Kier molecular flexibility index (Phi) is 3.88. The van der Waals surface area contributed by atoms with Crippen LogP contribution >= 0.6 is 50.5 Å². The van der Waals surface area contributed by atoms with Crippen LogP contribution in [-0.4, -0.2) is 6.61 Å². The van der Waals surface area contributed by atoms with Crippen LogP contribution in [0.4, 0.5) is 0 Å². The Morgan fingerprint density at radius 1 is 1.00 bits per heavy atom. The van der Waals surface area contributed by atoms with E-state index < -0.39 is 0 Å². The Balaban J connectivity index is 2.47. The Morgan fingerprint density at radius 2 is 1.73 bits per heavy atom. The summed E-state index contributed by atoms with van der Waals surface area (Å²) < 4.78 is 5.54. The number of thiol groups is 4. The van der Waals surface area contributed by atoms with Crippen molar-refractivity contribution >= 4 is 50.5 Å². The summed E-state index contributed by atoms with van der Waals surface area (Å²) in [5.74, 6) is 0. The van der Waals surface area contributed by atoms with Gasteiger partial charge in [-0.15, -0.1) is 50.5 Å². The van der Waals surface area contributed by atoms with E-state index >= 15 is 0 Å². The van der Waals surface area contributed by atoms with Gasteiger partial charge in [0.2, 0.25) is 0 Å². The van der Waals surface area contributed by atoms with Crippen molar-refractivity contribution < 1.29 is 4.74 Å². The third kappa shape index (κ3) is 2.31. The quantitative estimate of drug-likeness (QED) is 0.574. The lowest BCUT2D eigenvalue weighted by atomic mass is 10.1. The average Bonchev–Trinajstić information content (AvgIpc) is 2.73. The molecular formula is C10H11OS4. The zero-order valence-electron chi connectivity index (χ0n) is 7.90. The van der Waals surface area contributed by atoms with Gasteiger partial charge in [-0.05, 0) is 18.9 Å². The fourth-order valence-corrected chi connectivity index (χ4v) is 2.70. The third-order valence-electron chi connectivity index (χ3n) is 2.35. The zero-order valence-corrected chi connectivity index (χ0v) is 11.5. The maximum Gasteiger partial charge on any atom is 0.127 e. The van der Waals surface area contributed by atoms with E-state index in [0.29, 0.717) is 0 Å². The van der Waals surface area contributed by atoms with Gasteiger partial charge in [-0.1, -0.05) is 0 Å². The summed E-state index contributed by atoms with van der Waals surface area (Å²) in [5.41, 5.74) is 0.989. The van der Waals surface area contributed by atoms with Gasteiger partial charge in [0.1, 0.15) is 6.10 Å². The number of hydrogen-bond donors (Lipinski definition) is 4. The molecule has 1 radical (unpaired) electrons. The summed E-state index contributed by atoms with van der Waals surface area (Å²) in [5, 5.41) is 0. The van der Waals surface area contributed by atoms with Crippen molar-refractivity contribution in [2.75, 3.05) is 6.61 Å². The first-order valence-corrected chi connectivity index (χ1v) is 6.36. The Hall–Kier alpha value is 0.580. The molecule has 0 bridgehead atoms. The molecule has 0 unspecified atom stereocenters. The van der Waals surface area contributed by atoms with E-state index in [1.165, 1.54) is 0 Å². The first-order chi connectivity index (χ1) is 7.11. The van der Waals surface area contributed by atoms with Gasteiger partial charge < -0.3 is 4.74 Å². The molecule has 15 heavy (non-hydrogen) atoms. The van der Waals surface area contributed by atoms with Crippen molar-refractivity contribution in [3.8, 4) is 0 Å². The van der Waals surface area contributed by atoms with Gasteiger partial charge in [0, 0.05) is 31.8 Å². The molecular weight excluding hydrogens is 264 g/mol. The maximum atomic E-state index is 5.54. The summed E-state index contributed by atoms with van der Waals surface area (Å²) in [6, 6.07) is 1.94. The Labute approximate surface area is 112 Å². The lowest BCUT2D eigenvalue weighted by molar-refractivity contribution is 0.214. The molecule has 0 saturated carbocycles. The summed E-state index contributed by atoms with van der Waals surface area (Å²) in [6.45, 7) is 0.787. The molecule has 0 aromatic heterocycles. The Bertz CT molecular complexity index is 385. The fourth-order valence-electron chi connectivity index (χ4n) is 1.56. The molecule has 1 aromatic carbocycles. The molecule has 2 rings (SSSR count). The second-order valence-corrected chi connectivity index (χ2v) is 5.19. The zero-order chi connectivity index (χ0) is 11.0. The van der Waals surface area contributed by atoms with Crippen LogP contribution in [0.25, 0.3) is 0 Å². The SMILES string of the molecule is Sc1cc([C]2CCCO2)c(S)c(S)c1S. The smallest absolute Gasteiger partial charge is 0.127 e. The fraction of sp³-hybridized carbons (Fsp3) is 0.300. The topological polar surface area (TPSA) is 9.23 Å². The standard InChI is InChI=1S/C10H11OS4/c12-7-4-5(6-2-1-3-11-6)8(13)10(15)9(7)14/h4,12-15H,1-3H2. The predicted octanol–water partition coefficient (Wildman–Crippen LogP) is 3.53. The van der Waals surface area contributed by atoms with Crippen LogP contribution in [-0.2, 0) is 4.74 Å². The highest BCUT2D eigenvalue weighted by atomic mass is 32.1. The van der Waals surface area contributed by atoms with Gasteiger partial charge in [0.15, 0.2) is 0 Å². The molecule has 81 valence electrons. The minimum atomic E-state index is 0.757. The van der Waals surface area contributed by atoms with Crippen LogP contribution in [0.1, 0.15) is 18.4 Å². The minimum absolute atomic E-state index is 0.757. The van der Waals surface area contributed by atoms with E-state index in [-0.39, 0.29) is 0 Å². The van der Waals surface area contributed by atoms with E-state index in [1.54, 1.807) is 0 Å². The average molecular weight is 275 g/mol. The van der Waals surface area contributed by atoms with Crippen LogP contribution in [0.5, 0.6) is 0 Å². The van der Waals surface area contributed by atoms with Crippen LogP contribution in [0.15, 0.2) is 25.6 Å². The monoisotopic (exact) mass is 275 g/mol. The largest absolute Gasteiger partial charge is 0.367 e. The van der Waals surface area contributed by atoms with E-state index in [0.717, 1.165) is 50.7 Å². The highest BCUT2D eigenvalue weighted by Crippen LogP contribution is 2.39. The number of benzene rings is 1. The lowest BCUT2D eigenvalue weighted by Crippen LogP contribution is -2.00. The minimum Gasteiger partial charge on any atom is -0.367 e. The van der Waals surface area contributed by atoms with Gasteiger partial charge >= 0.3 is 0 Å². The molecule has 1 fully saturated rings.